The molecule has 1 spiro atoms. The van der Waals surface area contributed by atoms with Crippen molar-refractivity contribution in [2.75, 3.05) is 18.1 Å². The molecule has 3 fully saturated rings. The molecule has 1 aliphatic carbocycles. The van der Waals surface area contributed by atoms with E-state index in [0.717, 1.165) is 43.8 Å². The van der Waals surface area contributed by atoms with Gasteiger partial charge in [0.25, 0.3) is 5.91 Å². The average Bonchev–Trinajstić information content (AvgIpc) is 4.12. The molecule has 75 heavy (non-hydrogen) atoms. The second-order valence-electron chi connectivity index (χ2n) is 19.0. The highest BCUT2D eigenvalue weighted by Gasteiger charge is 2.54. The second-order valence-corrected chi connectivity index (χ2v) is 21.5. The fourth-order valence-corrected chi connectivity index (χ4v) is 11.8. The van der Waals surface area contributed by atoms with Crippen LogP contribution in [-0.4, -0.2) is 145 Å². The summed E-state index contributed by atoms with van der Waals surface area (Å²) < 4.78 is 0. The van der Waals surface area contributed by atoms with Crippen molar-refractivity contribution in [1.82, 2.24) is 57.1 Å². The van der Waals surface area contributed by atoms with E-state index in [-0.39, 0.29) is 56.1 Å². The molecular formula is C50H64N14O9S2. The number of nitrogens with zero attached hydrogens (tertiary/aromatic N) is 3. The number of rotatable bonds is 12. The van der Waals surface area contributed by atoms with E-state index >= 15 is 0 Å². The van der Waals surface area contributed by atoms with Gasteiger partial charge in [0.05, 0.1) is 12.4 Å². The van der Waals surface area contributed by atoms with Crippen LogP contribution in [-0.2, 0) is 57.6 Å². The van der Waals surface area contributed by atoms with Crippen LogP contribution in [0.15, 0.2) is 78.3 Å². The van der Waals surface area contributed by atoms with Crippen LogP contribution in [0.25, 0.3) is 10.9 Å². The highest BCUT2D eigenvalue weighted by Crippen LogP contribution is 2.36. The molecule has 9 amide bonds. The fraction of sp³-hybridized carbons (Fsp3) is 0.460. The molecule has 25 heteroatoms. The lowest BCUT2D eigenvalue weighted by Crippen LogP contribution is -2.60. The maximum absolute atomic E-state index is 14.7. The zero-order valence-corrected chi connectivity index (χ0v) is 43.3. The number of nitrogens with one attached hydrogen (secondary N) is 9. The summed E-state index contributed by atoms with van der Waals surface area (Å²) in [7, 11) is 2.17. The topological polar surface area (TPSA) is 350 Å². The number of para-hydroxylation sites is 1. The molecule has 0 bridgehead atoms. The molecule has 0 radical (unpaired) electrons. The van der Waals surface area contributed by atoms with E-state index in [1.165, 1.54) is 26.4 Å². The molecule has 2 aromatic carbocycles. The number of aromatic amines is 2. The van der Waals surface area contributed by atoms with Gasteiger partial charge in [-0.25, -0.2) is 14.7 Å². The smallest absolute Gasteiger partial charge is 0.325 e. The Hall–Kier alpha value is -7.41. The molecule has 400 valence electrons. The maximum Gasteiger partial charge on any atom is 0.325 e. The van der Waals surface area contributed by atoms with E-state index in [2.05, 4.69) is 57.2 Å². The Morgan fingerprint density at radius 1 is 0.720 bits per heavy atom. The molecule has 7 rings (SSSR count). The van der Waals surface area contributed by atoms with E-state index in [1.54, 1.807) is 36.5 Å². The minimum Gasteiger partial charge on any atom is -0.370 e. The number of urea groups is 1. The SMILES string of the molecule is CC(=O)[C@@H]1CSSC[C@H](N2C(=O)NC3(CCCCC3)C2=O)C(=O)N[C@H](C)C(=O)N[C@@H](Cc2cnc[nH]2)C(=O)N[C@H](Cc2ccccc2)C(=O)N[C@@H](CCCN=C(N)N)C(=O)N[C@@H](Cc2c[nH]c3ccccc23)C(=O)N1. The Kier molecular flexibility index (Phi) is 19.0. The zero-order valence-electron chi connectivity index (χ0n) is 41.6. The second kappa shape index (κ2) is 25.7. The number of ketones is 1. The number of Topliss-reactive ketones (excluding diaryl/α,β-unsaturated/α-hetero) is 1. The zero-order chi connectivity index (χ0) is 53.6. The van der Waals surface area contributed by atoms with Gasteiger partial charge >= 0.3 is 6.03 Å². The first-order valence-corrected chi connectivity index (χ1v) is 27.3. The Morgan fingerprint density at radius 3 is 2.04 bits per heavy atom. The summed E-state index contributed by atoms with van der Waals surface area (Å²) in [6.45, 7) is 2.75. The van der Waals surface area contributed by atoms with Crippen molar-refractivity contribution in [1.29, 1.82) is 0 Å². The number of imide groups is 1. The summed E-state index contributed by atoms with van der Waals surface area (Å²) in [4.78, 5) is 143. The van der Waals surface area contributed by atoms with Gasteiger partial charge in [0.1, 0.15) is 41.8 Å². The molecule has 2 aliphatic heterocycles. The lowest BCUT2D eigenvalue weighted by molar-refractivity contribution is -0.139. The highest BCUT2D eigenvalue weighted by atomic mass is 33.1. The average molecular weight is 1070 g/mol. The van der Waals surface area contributed by atoms with Crippen molar-refractivity contribution < 1.29 is 43.2 Å². The molecular weight excluding hydrogens is 1000 g/mol. The molecule has 3 aliphatic rings. The fourth-order valence-electron chi connectivity index (χ4n) is 9.32. The van der Waals surface area contributed by atoms with Crippen LogP contribution in [0.2, 0.25) is 0 Å². The van der Waals surface area contributed by atoms with Crippen LogP contribution in [0.5, 0.6) is 0 Å². The normalized spacial score (nSPS) is 24.8. The van der Waals surface area contributed by atoms with Crippen molar-refractivity contribution in [3.63, 3.8) is 0 Å². The molecule has 2 aromatic heterocycles. The standard InChI is InChI=1S/C50H64N14O9S2/c1-28-41(66)59-38(22-32-24-53-27-56-32)45(70)60-36(20-30-12-5-3-6-13-30)43(68)58-35(16-11-19-54-48(51)52)42(67)61-37(21-31-23-55-34-15-8-7-14-33(31)34)44(69)62-39(29(2)65)25-74-75-26-40(46(71)57-28)64-47(72)50(63-49(64)73)17-9-4-10-18-50/h3,5-8,12-15,23-24,27-28,35-40,55H,4,9-11,16-22,25-26H2,1-2H3,(H,53,56)(H,57,71)(H,58,68)(H,59,66)(H,60,70)(H,61,67)(H,62,69)(H,63,73)(H4,51,52,54)/t28-,35+,36-,37+,38+,39+,40+/m1/s1. The Bertz CT molecular complexity index is 2750. The van der Waals surface area contributed by atoms with Crippen LogP contribution < -0.4 is 48.7 Å². The highest BCUT2D eigenvalue weighted by molar-refractivity contribution is 8.76. The molecule has 4 heterocycles. The molecule has 4 aromatic rings. The number of aromatic nitrogens is 3. The first-order valence-electron chi connectivity index (χ1n) is 24.9. The van der Waals surface area contributed by atoms with Gasteiger partial charge in [0.15, 0.2) is 11.7 Å². The number of benzene rings is 2. The summed E-state index contributed by atoms with van der Waals surface area (Å²) in [6.07, 6.45) is 7.48. The molecule has 7 atom stereocenters. The van der Waals surface area contributed by atoms with E-state index < -0.39 is 101 Å². The third-order valence-corrected chi connectivity index (χ3v) is 15.9. The van der Waals surface area contributed by atoms with Crippen LogP contribution in [0.3, 0.4) is 0 Å². The lowest BCUT2D eigenvalue weighted by Gasteiger charge is -2.32. The third kappa shape index (κ3) is 14.5. The van der Waals surface area contributed by atoms with Gasteiger partial charge in [-0.2, -0.15) is 0 Å². The van der Waals surface area contributed by atoms with Gasteiger partial charge in [0.2, 0.25) is 35.4 Å². The van der Waals surface area contributed by atoms with Crippen molar-refractivity contribution in [2.24, 2.45) is 16.5 Å². The summed E-state index contributed by atoms with van der Waals surface area (Å²) >= 11 is 0. The predicted molar refractivity (Wildman–Crippen MR) is 282 cm³/mol. The van der Waals surface area contributed by atoms with E-state index in [4.69, 9.17) is 11.5 Å². The monoisotopic (exact) mass is 1070 g/mol. The van der Waals surface area contributed by atoms with Crippen molar-refractivity contribution in [2.45, 2.75) is 126 Å². The van der Waals surface area contributed by atoms with E-state index in [1.807, 2.05) is 24.3 Å². The first-order chi connectivity index (χ1) is 36.0. The Labute approximate surface area is 440 Å². The minimum absolute atomic E-state index is 0.0273. The number of guanidine groups is 1. The number of aliphatic imine (C=N–C) groups is 1. The van der Waals surface area contributed by atoms with Gasteiger partial charge < -0.3 is 58.7 Å². The number of carbonyl (C=O) groups excluding carboxylic acids is 9. The quantitative estimate of drug-likeness (QED) is 0.0303. The van der Waals surface area contributed by atoms with Gasteiger partial charge in [-0.15, -0.1) is 0 Å². The molecule has 0 unspecified atom stereocenters. The maximum atomic E-state index is 14.7. The number of hydrogen-bond acceptors (Lipinski definition) is 13. The minimum atomic E-state index is -1.44. The third-order valence-electron chi connectivity index (χ3n) is 13.5. The van der Waals surface area contributed by atoms with Gasteiger partial charge in [-0.05, 0) is 56.7 Å². The number of hydrogen-bond donors (Lipinski definition) is 11. The number of carbonyl (C=O) groups is 9. The summed E-state index contributed by atoms with van der Waals surface area (Å²) in [5.41, 5.74) is 12.5. The van der Waals surface area contributed by atoms with E-state index in [9.17, 15) is 43.2 Å². The summed E-state index contributed by atoms with van der Waals surface area (Å²) in [5.74, 6) is -6.13. The summed E-state index contributed by atoms with van der Waals surface area (Å²) in [5, 5.41) is 20.1. The van der Waals surface area contributed by atoms with Gasteiger partial charge in [0, 0.05) is 66.3 Å². The molecule has 1 saturated carbocycles. The number of fused-ring (bicyclic) bond motifs is 1. The van der Waals surface area contributed by atoms with Crippen LogP contribution in [0.4, 0.5) is 4.79 Å². The van der Waals surface area contributed by atoms with Crippen LogP contribution in [0.1, 0.15) is 75.6 Å². The number of H-pyrrole nitrogens is 2. The number of amides is 9. The Morgan fingerprint density at radius 2 is 1.35 bits per heavy atom. The van der Waals surface area contributed by atoms with Crippen molar-refractivity contribution in [3.05, 3.63) is 90.1 Å². The lowest BCUT2D eigenvalue weighted by atomic mass is 9.81. The van der Waals surface area contributed by atoms with Gasteiger partial charge in [-0.3, -0.25) is 43.3 Å². The molecule has 2 saturated heterocycles. The van der Waals surface area contributed by atoms with Gasteiger partial charge in [-0.1, -0.05) is 89.4 Å². The van der Waals surface area contributed by atoms with Crippen LogP contribution >= 0.6 is 21.6 Å². The molecule has 13 N–H and O–H groups in total. The van der Waals surface area contributed by atoms with Crippen molar-refractivity contribution in [3.8, 4) is 0 Å². The predicted octanol–water partition coefficient (Wildman–Crippen LogP) is 0.509. The van der Waals surface area contributed by atoms with Crippen molar-refractivity contribution >= 4 is 91.6 Å². The number of nitrogens with two attached hydrogens (primary N) is 2. The largest absolute Gasteiger partial charge is 0.370 e. The number of imidazole rings is 1. The van der Waals surface area contributed by atoms with E-state index in [0.29, 0.717) is 42.5 Å². The Balaban J connectivity index is 1.25. The summed E-state index contributed by atoms with van der Waals surface area (Å²) in [6, 6.07) is 6.12. The first kappa shape index (κ1) is 55.3. The van der Waals surface area contributed by atoms with Crippen LogP contribution in [0, 0.1) is 0 Å². The molecule has 23 nitrogen and oxygen atoms in total.